The Hall–Kier alpha value is -2.62. The van der Waals surface area contributed by atoms with Crippen LogP contribution in [0.3, 0.4) is 0 Å². The summed E-state index contributed by atoms with van der Waals surface area (Å²) in [5.41, 5.74) is 2.96. The van der Waals surface area contributed by atoms with Gasteiger partial charge in [-0.25, -0.2) is 0 Å². The van der Waals surface area contributed by atoms with E-state index in [0.717, 1.165) is 43.4 Å². The molecule has 0 heterocycles. The van der Waals surface area contributed by atoms with Crippen molar-refractivity contribution < 1.29 is 9.59 Å². The first-order valence-electron chi connectivity index (χ1n) is 9.41. The summed E-state index contributed by atoms with van der Waals surface area (Å²) in [4.78, 5) is 24.3. The molecule has 2 amide bonds. The molecule has 0 bridgehead atoms. The summed E-state index contributed by atoms with van der Waals surface area (Å²) in [5.74, 6) is 0.303. The summed E-state index contributed by atoms with van der Waals surface area (Å²) in [6.45, 7) is 0.473. The molecule has 4 heteroatoms. The van der Waals surface area contributed by atoms with Crippen LogP contribution in [0.5, 0.6) is 0 Å². The number of aryl methyl sites for hydroxylation is 1. The van der Waals surface area contributed by atoms with Gasteiger partial charge >= 0.3 is 0 Å². The summed E-state index contributed by atoms with van der Waals surface area (Å²) in [7, 11) is 0. The van der Waals surface area contributed by atoms with E-state index in [1.807, 2.05) is 54.6 Å². The Labute approximate surface area is 155 Å². The van der Waals surface area contributed by atoms with Crippen molar-refractivity contribution in [2.45, 2.75) is 45.1 Å². The van der Waals surface area contributed by atoms with Crippen molar-refractivity contribution >= 4 is 17.5 Å². The van der Waals surface area contributed by atoms with E-state index in [0.29, 0.717) is 13.0 Å². The van der Waals surface area contributed by atoms with E-state index >= 15 is 0 Å². The Balaban J connectivity index is 1.45. The lowest BCUT2D eigenvalue weighted by atomic mass is 10.1. The number of hydrogen-bond acceptors (Lipinski definition) is 2. The summed E-state index contributed by atoms with van der Waals surface area (Å²) < 4.78 is 0. The molecular formula is C22H26N2O2. The molecule has 0 unspecified atom stereocenters. The van der Waals surface area contributed by atoms with Crippen LogP contribution >= 0.6 is 0 Å². The van der Waals surface area contributed by atoms with Crippen LogP contribution in [0.25, 0.3) is 0 Å². The fraction of sp³-hybridized carbons (Fsp3) is 0.364. The van der Waals surface area contributed by atoms with Crippen molar-refractivity contribution in [2.24, 2.45) is 5.92 Å². The van der Waals surface area contributed by atoms with Crippen molar-refractivity contribution in [3.63, 3.8) is 0 Å². The van der Waals surface area contributed by atoms with Crippen LogP contribution in [0.1, 0.15) is 43.2 Å². The third kappa shape index (κ3) is 5.45. The van der Waals surface area contributed by atoms with E-state index in [-0.39, 0.29) is 17.7 Å². The second kappa shape index (κ2) is 9.18. The average molecular weight is 350 g/mol. The summed E-state index contributed by atoms with van der Waals surface area (Å²) in [6.07, 6.45) is 5.48. The van der Waals surface area contributed by atoms with Gasteiger partial charge in [0.2, 0.25) is 11.8 Å². The van der Waals surface area contributed by atoms with E-state index in [2.05, 4.69) is 10.6 Å². The lowest BCUT2D eigenvalue weighted by Gasteiger charge is -2.12. The van der Waals surface area contributed by atoms with Crippen LogP contribution < -0.4 is 10.6 Å². The molecule has 0 aliphatic heterocycles. The van der Waals surface area contributed by atoms with Gasteiger partial charge in [0.15, 0.2) is 0 Å². The van der Waals surface area contributed by atoms with Crippen molar-refractivity contribution in [1.82, 2.24) is 5.32 Å². The summed E-state index contributed by atoms with van der Waals surface area (Å²) in [6, 6.07) is 17.7. The van der Waals surface area contributed by atoms with Crippen LogP contribution in [0.2, 0.25) is 0 Å². The van der Waals surface area contributed by atoms with Gasteiger partial charge in [0.05, 0.1) is 0 Å². The van der Waals surface area contributed by atoms with E-state index in [1.54, 1.807) is 0 Å². The van der Waals surface area contributed by atoms with E-state index in [9.17, 15) is 9.59 Å². The van der Waals surface area contributed by atoms with E-state index in [4.69, 9.17) is 0 Å². The predicted molar refractivity (Wildman–Crippen MR) is 104 cm³/mol. The molecule has 0 spiro atoms. The molecule has 4 nitrogen and oxygen atoms in total. The third-order valence-electron chi connectivity index (χ3n) is 4.89. The normalized spacial score (nSPS) is 14.2. The molecule has 26 heavy (non-hydrogen) atoms. The third-order valence-corrected chi connectivity index (χ3v) is 4.89. The molecule has 0 saturated heterocycles. The molecule has 0 radical (unpaired) electrons. The maximum atomic E-state index is 12.2. The van der Waals surface area contributed by atoms with Crippen LogP contribution in [0.4, 0.5) is 5.69 Å². The number of carbonyl (C=O) groups is 2. The lowest BCUT2D eigenvalue weighted by molar-refractivity contribution is -0.121. The number of amides is 2. The van der Waals surface area contributed by atoms with Crippen molar-refractivity contribution in [2.75, 3.05) is 5.32 Å². The average Bonchev–Trinajstić information content (AvgIpc) is 3.21. The number of nitrogens with one attached hydrogen (secondary N) is 2. The number of anilines is 1. The van der Waals surface area contributed by atoms with Gasteiger partial charge in [-0.1, -0.05) is 55.3 Å². The van der Waals surface area contributed by atoms with Gasteiger partial charge < -0.3 is 10.6 Å². The SMILES string of the molecule is O=C(CCc1ccccc1)NCc1cccc(NC(=O)C2CCCC2)c1. The zero-order valence-corrected chi connectivity index (χ0v) is 15.0. The lowest BCUT2D eigenvalue weighted by Crippen LogP contribution is -2.23. The minimum absolute atomic E-state index is 0.0363. The molecule has 2 aromatic rings. The van der Waals surface area contributed by atoms with Gasteiger partial charge in [-0.2, -0.15) is 0 Å². The second-order valence-corrected chi connectivity index (χ2v) is 6.93. The Morgan fingerprint density at radius 1 is 0.923 bits per heavy atom. The predicted octanol–water partition coefficient (Wildman–Crippen LogP) is 4.06. The standard InChI is InChI=1S/C22H26N2O2/c25-21(14-13-17-7-2-1-3-8-17)23-16-18-9-6-12-20(15-18)24-22(26)19-10-4-5-11-19/h1-3,6-9,12,15,19H,4-5,10-11,13-14,16H2,(H,23,25)(H,24,26). The molecule has 1 aliphatic rings. The highest BCUT2D eigenvalue weighted by Crippen LogP contribution is 2.26. The smallest absolute Gasteiger partial charge is 0.227 e. The highest BCUT2D eigenvalue weighted by atomic mass is 16.2. The van der Waals surface area contributed by atoms with Gasteiger partial charge in [0.1, 0.15) is 0 Å². The highest BCUT2D eigenvalue weighted by molar-refractivity contribution is 5.92. The molecule has 136 valence electrons. The first kappa shape index (κ1) is 18.2. The van der Waals surface area contributed by atoms with Crippen LogP contribution in [-0.2, 0) is 22.6 Å². The maximum absolute atomic E-state index is 12.2. The fourth-order valence-electron chi connectivity index (χ4n) is 3.38. The molecule has 2 aromatic carbocycles. The molecule has 0 aromatic heterocycles. The first-order chi connectivity index (χ1) is 12.7. The zero-order chi connectivity index (χ0) is 18.2. The molecule has 1 saturated carbocycles. The topological polar surface area (TPSA) is 58.2 Å². The Morgan fingerprint density at radius 3 is 2.42 bits per heavy atom. The molecule has 2 N–H and O–H groups in total. The fourth-order valence-corrected chi connectivity index (χ4v) is 3.38. The summed E-state index contributed by atoms with van der Waals surface area (Å²) >= 11 is 0. The van der Waals surface area contributed by atoms with Crippen molar-refractivity contribution in [3.05, 3.63) is 65.7 Å². The zero-order valence-electron chi connectivity index (χ0n) is 15.0. The van der Waals surface area contributed by atoms with E-state index < -0.39 is 0 Å². The summed E-state index contributed by atoms with van der Waals surface area (Å²) in [5, 5.41) is 5.96. The number of rotatable bonds is 7. The number of benzene rings is 2. The van der Waals surface area contributed by atoms with Crippen molar-refractivity contribution in [1.29, 1.82) is 0 Å². The van der Waals surface area contributed by atoms with E-state index in [1.165, 1.54) is 5.56 Å². The maximum Gasteiger partial charge on any atom is 0.227 e. The van der Waals surface area contributed by atoms with Gasteiger partial charge in [-0.05, 0) is 42.5 Å². The van der Waals surface area contributed by atoms with Crippen molar-refractivity contribution in [3.8, 4) is 0 Å². The van der Waals surface area contributed by atoms with Crippen LogP contribution in [-0.4, -0.2) is 11.8 Å². The van der Waals surface area contributed by atoms with Gasteiger partial charge in [0, 0.05) is 24.6 Å². The Morgan fingerprint density at radius 2 is 1.65 bits per heavy atom. The molecule has 1 fully saturated rings. The minimum atomic E-state index is 0.0363. The van der Waals surface area contributed by atoms with Gasteiger partial charge in [-0.3, -0.25) is 9.59 Å². The van der Waals surface area contributed by atoms with Gasteiger partial charge in [-0.15, -0.1) is 0 Å². The Kier molecular flexibility index (Phi) is 6.42. The Bertz CT molecular complexity index is 737. The second-order valence-electron chi connectivity index (χ2n) is 6.93. The number of hydrogen-bond donors (Lipinski definition) is 2. The molecular weight excluding hydrogens is 324 g/mol. The monoisotopic (exact) mass is 350 g/mol. The van der Waals surface area contributed by atoms with Crippen LogP contribution in [0.15, 0.2) is 54.6 Å². The minimum Gasteiger partial charge on any atom is -0.352 e. The molecule has 3 rings (SSSR count). The molecule has 1 aliphatic carbocycles. The quantitative estimate of drug-likeness (QED) is 0.791. The molecule has 0 atom stereocenters. The first-order valence-corrected chi connectivity index (χ1v) is 9.41. The highest BCUT2D eigenvalue weighted by Gasteiger charge is 2.22. The van der Waals surface area contributed by atoms with Crippen LogP contribution in [0, 0.1) is 5.92 Å². The largest absolute Gasteiger partial charge is 0.352 e. The van der Waals surface area contributed by atoms with Gasteiger partial charge in [0.25, 0.3) is 0 Å². The number of carbonyl (C=O) groups excluding carboxylic acids is 2.